The molecule has 0 aliphatic carbocycles. The number of aromatic nitrogens is 3. The van der Waals surface area contributed by atoms with Crippen molar-refractivity contribution in [2.24, 2.45) is 0 Å². The van der Waals surface area contributed by atoms with Crippen molar-refractivity contribution in [3.05, 3.63) is 77.4 Å². The van der Waals surface area contributed by atoms with Crippen LogP contribution in [0.4, 0.5) is 19.0 Å². The van der Waals surface area contributed by atoms with Crippen LogP contribution in [0.5, 0.6) is 6.01 Å². The van der Waals surface area contributed by atoms with Gasteiger partial charge in [0, 0.05) is 71.7 Å². The third kappa shape index (κ3) is 5.41. The summed E-state index contributed by atoms with van der Waals surface area (Å²) in [6.45, 7) is 13.0. The number of anilines is 1. The van der Waals surface area contributed by atoms with E-state index in [1.807, 2.05) is 0 Å². The number of rotatable bonds is 7. The Balaban J connectivity index is 1.36. The molecule has 3 aliphatic rings. The first kappa shape index (κ1) is 31.1. The number of hydrogen-bond acceptors (Lipinski definition) is 7. The van der Waals surface area contributed by atoms with Gasteiger partial charge in [-0.2, -0.15) is 9.97 Å². The molecule has 3 aliphatic heterocycles. The standard InChI is InChI=1S/C34H31ClF3N7O2/c1-3-27(46)45-11-10-43(18-22(45)15-39-2)32-23-12-26(37)29(24-16-40-14-20-6-4-7-25(35)28(20)24)30(38)31(23)41-33(42-32)47-19-34-8-5-9-44(34)17-21(36)13-34/h3-4,6-7,12,14,16,21-22H,1,5,8-11,13,15,17-19H2/t21-,22+,34+/m1/s1. The summed E-state index contributed by atoms with van der Waals surface area (Å²) in [5, 5.41) is 1.47. The van der Waals surface area contributed by atoms with Crippen LogP contribution in [0.25, 0.3) is 37.6 Å². The lowest BCUT2D eigenvalue weighted by Gasteiger charge is -2.39. The molecule has 13 heteroatoms. The summed E-state index contributed by atoms with van der Waals surface area (Å²) >= 11 is 6.52. The number of halogens is 4. The van der Waals surface area contributed by atoms with Crippen LogP contribution in [-0.4, -0.2) is 94.3 Å². The minimum atomic E-state index is -0.968. The highest BCUT2D eigenvalue weighted by molar-refractivity contribution is 6.36. The maximum Gasteiger partial charge on any atom is 0.319 e. The fourth-order valence-electron chi connectivity index (χ4n) is 7.46. The van der Waals surface area contributed by atoms with E-state index in [2.05, 4.69) is 31.3 Å². The molecule has 0 spiro atoms. The third-order valence-electron chi connectivity index (χ3n) is 9.62. The van der Waals surface area contributed by atoms with Crippen LogP contribution in [-0.2, 0) is 4.79 Å². The van der Waals surface area contributed by atoms with Crippen molar-refractivity contribution in [2.75, 3.05) is 50.8 Å². The lowest BCUT2D eigenvalue weighted by atomic mass is 9.95. The van der Waals surface area contributed by atoms with Crippen LogP contribution in [0.2, 0.25) is 5.02 Å². The van der Waals surface area contributed by atoms with Gasteiger partial charge < -0.3 is 19.4 Å². The molecular weight excluding hydrogens is 631 g/mol. The molecular formula is C34H31ClF3N7O2. The molecule has 0 bridgehead atoms. The maximum atomic E-state index is 16.8. The van der Waals surface area contributed by atoms with E-state index in [9.17, 15) is 9.18 Å². The maximum absolute atomic E-state index is 16.8. The molecule has 4 aromatic rings. The summed E-state index contributed by atoms with van der Waals surface area (Å²) in [5.41, 5.74) is -0.857. The van der Waals surface area contributed by atoms with Crippen molar-refractivity contribution >= 4 is 45.0 Å². The first-order valence-corrected chi connectivity index (χ1v) is 15.9. The summed E-state index contributed by atoms with van der Waals surface area (Å²) in [5.74, 6) is -1.89. The van der Waals surface area contributed by atoms with Gasteiger partial charge in [0.05, 0.1) is 11.1 Å². The van der Waals surface area contributed by atoms with Gasteiger partial charge in [-0.1, -0.05) is 30.3 Å². The fraction of sp³-hybridized carbons (Fsp3) is 0.382. The van der Waals surface area contributed by atoms with Crippen LogP contribution in [0.1, 0.15) is 19.3 Å². The Morgan fingerprint density at radius 2 is 2.06 bits per heavy atom. The van der Waals surface area contributed by atoms with E-state index in [0.29, 0.717) is 28.8 Å². The smallest absolute Gasteiger partial charge is 0.319 e. The summed E-state index contributed by atoms with van der Waals surface area (Å²) in [6, 6.07) is 5.68. The van der Waals surface area contributed by atoms with Crippen LogP contribution in [0, 0.1) is 18.2 Å². The topological polar surface area (TPSA) is 79.1 Å². The van der Waals surface area contributed by atoms with Gasteiger partial charge in [0.2, 0.25) is 12.5 Å². The first-order valence-electron chi connectivity index (χ1n) is 15.5. The zero-order valence-electron chi connectivity index (χ0n) is 25.4. The van der Waals surface area contributed by atoms with Crippen molar-refractivity contribution in [1.82, 2.24) is 24.8 Å². The number of pyridine rings is 1. The molecule has 3 fully saturated rings. The molecule has 242 valence electrons. The Morgan fingerprint density at radius 3 is 2.87 bits per heavy atom. The van der Waals surface area contributed by atoms with E-state index in [0.717, 1.165) is 19.4 Å². The molecule has 3 atom stereocenters. The van der Waals surface area contributed by atoms with Crippen molar-refractivity contribution < 1.29 is 22.7 Å². The van der Waals surface area contributed by atoms with E-state index >= 15 is 8.78 Å². The third-order valence-corrected chi connectivity index (χ3v) is 9.93. The monoisotopic (exact) mass is 661 g/mol. The molecule has 2 aromatic carbocycles. The molecule has 7 rings (SSSR count). The number of alkyl halides is 1. The summed E-state index contributed by atoms with van der Waals surface area (Å²) in [7, 11) is 0. The minimum Gasteiger partial charge on any atom is -0.461 e. The van der Waals surface area contributed by atoms with E-state index in [1.54, 1.807) is 34.2 Å². The minimum absolute atomic E-state index is 0.0208. The second-order valence-corrected chi connectivity index (χ2v) is 12.7. The number of amides is 1. The normalized spacial score (nSPS) is 22.9. The Bertz CT molecular complexity index is 1950. The second-order valence-electron chi connectivity index (χ2n) is 12.3. The Hall–Kier alpha value is -4.47. The summed E-state index contributed by atoms with van der Waals surface area (Å²) in [4.78, 5) is 34.9. The van der Waals surface area contributed by atoms with Crippen LogP contribution in [0.15, 0.2) is 49.3 Å². The van der Waals surface area contributed by atoms with E-state index in [1.165, 1.54) is 18.3 Å². The number of fused-ring (bicyclic) bond motifs is 3. The highest BCUT2D eigenvalue weighted by Crippen LogP contribution is 2.42. The van der Waals surface area contributed by atoms with Gasteiger partial charge >= 0.3 is 6.01 Å². The number of hydrogen-bond donors (Lipinski definition) is 0. The zero-order chi connectivity index (χ0) is 32.9. The Morgan fingerprint density at radius 1 is 1.21 bits per heavy atom. The summed E-state index contributed by atoms with van der Waals surface area (Å²) in [6.07, 6.45) is 5.16. The average Bonchev–Trinajstić information content (AvgIpc) is 3.59. The molecule has 47 heavy (non-hydrogen) atoms. The van der Waals surface area contributed by atoms with Gasteiger partial charge in [-0.25, -0.2) is 19.7 Å². The van der Waals surface area contributed by atoms with Crippen molar-refractivity contribution in [3.8, 4) is 17.1 Å². The predicted molar refractivity (Wildman–Crippen MR) is 173 cm³/mol. The fourth-order valence-corrected chi connectivity index (χ4v) is 7.74. The zero-order valence-corrected chi connectivity index (χ0v) is 26.2. The number of carbonyl (C=O) groups is 1. The quantitative estimate of drug-likeness (QED) is 0.182. The molecule has 0 saturated carbocycles. The number of piperazine rings is 1. The van der Waals surface area contributed by atoms with Gasteiger partial charge in [0.25, 0.3) is 0 Å². The van der Waals surface area contributed by atoms with Crippen LogP contribution in [0.3, 0.4) is 0 Å². The van der Waals surface area contributed by atoms with E-state index in [-0.39, 0.29) is 72.6 Å². The lowest BCUT2D eigenvalue weighted by molar-refractivity contribution is -0.128. The second kappa shape index (κ2) is 12.3. The van der Waals surface area contributed by atoms with Gasteiger partial charge in [-0.05, 0) is 37.6 Å². The highest BCUT2D eigenvalue weighted by Gasteiger charge is 2.49. The molecule has 5 heterocycles. The number of carbonyl (C=O) groups excluding carboxylic acids is 1. The highest BCUT2D eigenvalue weighted by atomic mass is 35.5. The van der Waals surface area contributed by atoms with Crippen LogP contribution < -0.4 is 9.64 Å². The molecule has 3 saturated heterocycles. The van der Waals surface area contributed by atoms with E-state index in [4.69, 9.17) is 22.9 Å². The number of nitrogens with zero attached hydrogens (tertiary/aromatic N) is 7. The first-order chi connectivity index (χ1) is 22.7. The lowest BCUT2D eigenvalue weighted by Crippen LogP contribution is -2.56. The number of ether oxygens (including phenoxy) is 1. The SMILES string of the molecule is [C-]#[N+]C[C@H]1CN(c2nc(OC[C@@]34CCCN3C[C@H](F)C4)nc3c(F)c(-c4cncc5cccc(Cl)c45)c(F)cc23)CCN1C(=O)C=C. The van der Waals surface area contributed by atoms with Crippen LogP contribution >= 0.6 is 11.6 Å². The molecule has 1 amide bonds. The van der Waals surface area contributed by atoms with Crippen molar-refractivity contribution in [2.45, 2.75) is 37.0 Å². The molecule has 0 N–H and O–H groups in total. The molecule has 0 radical (unpaired) electrons. The van der Waals surface area contributed by atoms with Crippen molar-refractivity contribution in [3.63, 3.8) is 0 Å². The average molecular weight is 662 g/mol. The van der Waals surface area contributed by atoms with Crippen molar-refractivity contribution in [1.29, 1.82) is 0 Å². The Labute approximate surface area is 274 Å². The van der Waals surface area contributed by atoms with Gasteiger partial charge in [-0.3, -0.25) is 14.7 Å². The largest absolute Gasteiger partial charge is 0.461 e. The van der Waals surface area contributed by atoms with Gasteiger partial charge in [0.1, 0.15) is 36.0 Å². The number of benzene rings is 2. The van der Waals surface area contributed by atoms with Gasteiger partial charge in [0.15, 0.2) is 5.82 Å². The summed E-state index contributed by atoms with van der Waals surface area (Å²) < 4.78 is 53.6. The van der Waals surface area contributed by atoms with Gasteiger partial charge in [-0.15, -0.1) is 0 Å². The van der Waals surface area contributed by atoms with E-state index < -0.39 is 29.4 Å². The molecule has 0 unspecified atom stereocenters. The Kier molecular flexibility index (Phi) is 8.14. The molecule has 2 aromatic heterocycles. The molecule has 9 nitrogen and oxygen atoms in total. The predicted octanol–water partition coefficient (Wildman–Crippen LogP) is 5.85.